The number of rotatable bonds is 1. The minimum atomic E-state index is -0.0315. The third-order valence-corrected chi connectivity index (χ3v) is 5.24. The van der Waals surface area contributed by atoms with Gasteiger partial charge in [0.25, 0.3) is 5.91 Å². The summed E-state index contributed by atoms with van der Waals surface area (Å²) in [6.07, 6.45) is 0.911. The summed E-state index contributed by atoms with van der Waals surface area (Å²) in [5.74, 6) is -0.0315. The summed E-state index contributed by atoms with van der Waals surface area (Å²) >= 11 is 13.8. The van der Waals surface area contributed by atoms with E-state index in [0.717, 1.165) is 13.0 Å². The van der Waals surface area contributed by atoms with Crippen molar-refractivity contribution >= 4 is 40.4 Å². The number of carbonyl (C=O) groups is 1. The lowest BCUT2D eigenvalue weighted by atomic mass is 10.0. The Balaban J connectivity index is 1.92. The van der Waals surface area contributed by atoms with Gasteiger partial charge in [-0.25, -0.2) is 0 Å². The fraction of sp³-hybridized carbons (Fsp3) is 0.267. The number of halogens is 2. The lowest BCUT2D eigenvalue weighted by molar-refractivity contribution is 0.0679. The van der Waals surface area contributed by atoms with Crippen molar-refractivity contribution in [1.29, 1.82) is 0 Å². The van der Waals surface area contributed by atoms with Crippen LogP contribution >= 0.6 is 34.5 Å². The summed E-state index contributed by atoms with van der Waals surface area (Å²) in [7, 11) is 0. The first-order valence-electron chi connectivity index (χ1n) is 6.40. The van der Waals surface area contributed by atoms with E-state index < -0.39 is 0 Å². The van der Waals surface area contributed by atoms with Gasteiger partial charge in [0.2, 0.25) is 0 Å². The predicted octanol–water partition coefficient (Wildman–Crippen LogP) is 4.81. The first kappa shape index (κ1) is 13.9. The topological polar surface area (TPSA) is 20.3 Å². The van der Waals surface area contributed by atoms with Crippen LogP contribution in [0.5, 0.6) is 0 Å². The molecule has 0 saturated carbocycles. The lowest BCUT2D eigenvalue weighted by Gasteiger charge is -2.34. The van der Waals surface area contributed by atoms with Gasteiger partial charge in [-0.05, 0) is 48.6 Å². The van der Waals surface area contributed by atoms with Crippen LogP contribution < -0.4 is 0 Å². The van der Waals surface area contributed by atoms with Crippen LogP contribution in [-0.4, -0.2) is 17.4 Å². The van der Waals surface area contributed by atoms with Gasteiger partial charge in [-0.15, -0.1) is 11.3 Å². The van der Waals surface area contributed by atoms with Crippen LogP contribution in [0.2, 0.25) is 10.0 Å². The van der Waals surface area contributed by atoms with Gasteiger partial charge in [-0.1, -0.05) is 23.2 Å². The summed E-state index contributed by atoms with van der Waals surface area (Å²) in [5, 5.41) is 3.04. The molecule has 3 rings (SSSR count). The van der Waals surface area contributed by atoms with Gasteiger partial charge in [0.05, 0.1) is 16.6 Å². The van der Waals surface area contributed by atoms with E-state index in [-0.39, 0.29) is 11.9 Å². The van der Waals surface area contributed by atoms with Crippen LogP contribution in [0.3, 0.4) is 0 Å². The van der Waals surface area contributed by atoms with Crippen molar-refractivity contribution in [3.05, 3.63) is 55.7 Å². The molecule has 1 aliphatic heterocycles. The van der Waals surface area contributed by atoms with Crippen LogP contribution in [0.15, 0.2) is 29.6 Å². The minimum Gasteiger partial charge on any atom is -0.331 e. The molecule has 1 aromatic heterocycles. The molecule has 1 aliphatic rings. The number of thiophene rings is 1. The molecule has 0 radical (unpaired) electrons. The molecular formula is C15H13Cl2NOS. The second-order valence-electron chi connectivity index (χ2n) is 4.85. The van der Waals surface area contributed by atoms with E-state index in [1.54, 1.807) is 29.5 Å². The number of carbonyl (C=O) groups excluding carboxylic acids is 1. The highest BCUT2D eigenvalue weighted by molar-refractivity contribution is 7.10. The molecule has 104 valence electrons. The first-order valence-corrected chi connectivity index (χ1v) is 8.04. The summed E-state index contributed by atoms with van der Waals surface area (Å²) in [5.41, 5.74) is 1.77. The standard InChI is InChI=1S/C15H13Cl2NOS/c1-9-11-5-7-20-14(11)4-6-18(9)15(19)12-3-2-10(16)8-13(12)17/h2-3,5,7-9H,4,6H2,1H3. The van der Waals surface area contributed by atoms with Gasteiger partial charge >= 0.3 is 0 Å². The summed E-state index contributed by atoms with van der Waals surface area (Å²) in [6, 6.07) is 7.20. The van der Waals surface area contributed by atoms with Gasteiger partial charge in [0, 0.05) is 16.4 Å². The van der Waals surface area contributed by atoms with E-state index in [4.69, 9.17) is 23.2 Å². The average molecular weight is 326 g/mol. The van der Waals surface area contributed by atoms with E-state index in [0.29, 0.717) is 15.6 Å². The van der Waals surface area contributed by atoms with Crippen LogP contribution in [0, 0.1) is 0 Å². The molecule has 0 bridgehead atoms. The van der Waals surface area contributed by atoms with Crippen LogP contribution in [0.4, 0.5) is 0 Å². The molecule has 0 N–H and O–H groups in total. The van der Waals surface area contributed by atoms with Crippen LogP contribution in [-0.2, 0) is 6.42 Å². The average Bonchev–Trinajstić information content (AvgIpc) is 2.87. The second kappa shape index (κ2) is 5.40. The Labute approximate surface area is 131 Å². The Morgan fingerprint density at radius 2 is 2.15 bits per heavy atom. The molecule has 2 nitrogen and oxygen atoms in total. The zero-order valence-corrected chi connectivity index (χ0v) is 13.2. The zero-order chi connectivity index (χ0) is 14.3. The summed E-state index contributed by atoms with van der Waals surface area (Å²) in [4.78, 5) is 15.9. The SMILES string of the molecule is CC1c2ccsc2CCN1C(=O)c1ccc(Cl)cc1Cl. The third kappa shape index (κ3) is 2.34. The fourth-order valence-electron chi connectivity index (χ4n) is 2.60. The molecule has 1 atom stereocenters. The van der Waals surface area contributed by atoms with Gasteiger partial charge in [0.1, 0.15) is 0 Å². The van der Waals surface area contributed by atoms with Crippen molar-refractivity contribution in [1.82, 2.24) is 4.90 Å². The molecular weight excluding hydrogens is 313 g/mol. The van der Waals surface area contributed by atoms with Crippen molar-refractivity contribution in [3.8, 4) is 0 Å². The molecule has 2 heterocycles. The van der Waals surface area contributed by atoms with E-state index in [1.807, 2.05) is 4.90 Å². The van der Waals surface area contributed by atoms with Crippen molar-refractivity contribution in [2.24, 2.45) is 0 Å². The highest BCUT2D eigenvalue weighted by Crippen LogP contribution is 2.34. The number of amides is 1. The molecule has 0 aliphatic carbocycles. The van der Waals surface area contributed by atoms with Crippen molar-refractivity contribution in [2.75, 3.05) is 6.54 Å². The first-order chi connectivity index (χ1) is 9.58. The molecule has 20 heavy (non-hydrogen) atoms. The van der Waals surface area contributed by atoms with Crippen molar-refractivity contribution < 1.29 is 4.79 Å². The van der Waals surface area contributed by atoms with Gasteiger partial charge < -0.3 is 4.90 Å². The fourth-order valence-corrected chi connectivity index (χ4v) is 4.06. The van der Waals surface area contributed by atoms with E-state index in [9.17, 15) is 4.79 Å². The van der Waals surface area contributed by atoms with Gasteiger partial charge in [0.15, 0.2) is 0 Å². The maximum atomic E-state index is 12.7. The zero-order valence-electron chi connectivity index (χ0n) is 10.9. The number of nitrogens with zero attached hydrogens (tertiary/aromatic N) is 1. The smallest absolute Gasteiger partial charge is 0.255 e. The largest absolute Gasteiger partial charge is 0.331 e. The minimum absolute atomic E-state index is 0.0315. The molecule has 5 heteroatoms. The van der Waals surface area contributed by atoms with Crippen molar-refractivity contribution in [3.63, 3.8) is 0 Å². The molecule has 0 spiro atoms. The highest BCUT2D eigenvalue weighted by Gasteiger charge is 2.29. The number of hydrogen-bond acceptors (Lipinski definition) is 2. The van der Waals surface area contributed by atoms with Crippen LogP contribution in [0.1, 0.15) is 33.8 Å². The predicted molar refractivity (Wildman–Crippen MR) is 83.9 cm³/mol. The van der Waals surface area contributed by atoms with Gasteiger partial charge in [-0.2, -0.15) is 0 Å². The quantitative estimate of drug-likeness (QED) is 0.736. The Bertz CT molecular complexity index is 668. The summed E-state index contributed by atoms with van der Waals surface area (Å²) < 4.78 is 0. The number of fused-ring (bicyclic) bond motifs is 1. The van der Waals surface area contributed by atoms with Crippen LogP contribution in [0.25, 0.3) is 0 Å². The monoisotopic (exact) mass is 325 g/mol. The third-order valence-electron chi connectivity index (χ3n) is 3.70. The van der Waals surface area contributed by atoms with E-state index >= 15 is 0 Å². The molecule has 1 aromatic carbocycles. The molecule has 0 fully saturated rings. The van der Waals surface area contributed by atoms with Crippen molar-refractivity contribution in [2.45, 2.75) is 19.4 Å². The van der Waals surface area contributed by atoms with E-state index in [2.05, 4.69) is 18.4 Å². The second-order valence-corrected chi connectivity index (χ2v) is 6.69. The molecule has 0 saturated heterocycles. The van der Waals surface area contributed by atoms with E-state index in [1.165, 1.54) is 10.4 Å². The maximum absolute atomic E-state index is 12.7. The van der Waals surface area contributed by atoms with Gasteiger partial charge in [-0.3, -0.25) is 4.79 Å². The molecule has 2 aromatic rings. The highest BCUT2D eigenvalue weighted by atomic mass is 35.5. The molecule has 1 amide bonds. The summed E-state index contributed by atoms with van der Waals surface area (Å²) in [6.45, 7) is 2.79. The lowest BCUT2D eigenvalue weighted by Crippen LogP contribution is -2.38. The number of benzene rings is 1. The maximum Gasteiger partial charge on any atom is 0.255 e. The number of hydrogen-bond donors (Lipinski definition) is 0. The normalized spacial score (nSPS) is 17.9. The Hall–Kier alpha value is -1.03. The Morgan fingerprint density at radius 1 is 1.35 bits per heavy atom. The Kier molecular flexibility index (Phi) is 3.76. The molecule has 1 unspecified atom stereocenters. The Morgan fingerprint density at radius 3 is 2.90 bits per heavy atom.